The fourth-order valence-corrected chi connectivity index (χ4v) is 3.32. The number of likely N-dealkylation sites (tertiary alicyclic amines) is 1. The fourth-order valence-electron chi connectivity index (χ4n) is 3.32. The molecule has 25 heavy (non-hydrogen) atoms. The van der Waals surface area contributed by atoms with Gasteiger partial charge in [0.25, 0.3) is 0 Å². The van der Waals surface area contributed by atoms with Crippen LogP contribution < -0.4 is 5.32 Å². The predicted molar refractivity (Wildman–Crippen MR) is 99.8 cm³/mol. The number of benzene rings is 1. The average molecular weight is 346 g/mol. The van der Waals surface area contributed by atoms with Gasteiger partial charge in [0, 0.05) is 18.7 Å². The third kappa shape index (κ3) is 6.50. The summed E-state index contributed by atoms with van der Waals surface area (Å²) in [6.45, 7) is 8.57. The fraction of sp³-hybridized carbons (Fsp3) is 0.600. The molecule has 1 fully saturated rings. The summed E-state index contributed by atoms with van der Waals surface area (Å²) in [7, 11) is 0. The molecule has 0 saturated carbocycles. The average Bonchev–Trinajstić information content (AvgIpc) is 2.53. The molecule has 0 bridgehead atoms. The molecule has 1 atom stereocenters. The van der Waals surface area contributed by atoms with Crippen molar-refractivity contribution in [1.82, 2.24) is 4.90 Å². The zero-order chi connectivity index (χ0) is 18.4. The number of nitrogens with zero attached hydrogens (tertiary/aromatic N) is 1. The lowest BCUT2D eigenvalue weighted by Gasteiger charge is -2.32. The first-order valence-electron chi connectivity index (χ1n) is 9.08. The maximum absolute atomic E-state index is 12.3. The van der Waals surface area contributed by atoms with E-state index in [0.29, 0.717) is 18.9 Å². The van der Waals surface area contributed by atoms with Gasteiger partial charge in [0.05, 0.1) is 6.54 Å². The number of nitrogens with one attached hydrogen (secondary N) is 1. The summed E-state index contributed by atoms with van der Waals surface area (Å²) in [5, 5.41) is 11.8. The molecule has 1 saturated heterocycles. The Morgan fingerprint density at radius 3 is 2.52 bits per heavy atom. The minimum atomic E-state index is -0.742. The standard InChI is InChI=1S/C20H30N2O3/c1-20(2,3)16-7-9-17(10-8-16)21-18(23)14-22-12-4-5-15(13-22)6-11-19(24)25/h7-10,15H,4-6,11-14H2,1-3H3,(H,21,23)(H,24,25). The van der Waals surface area contributed by atoms with Crippen molar-refractivity contribution < 1.29 is 14.7 Å². The molecule has 5 heteroatoms. The van der Waals surface area contributed by atoms with Crippen LogP contribution in [0.5, 0.6) is 0 Å². The van der Waals surface area contributed by atoms with Crippen molar-refractivity contribution in [3.63, 3.8) is 0 Å². The van der Waals surface area contributed by atoms with Crippen LogP contribution in [0.2, 0.25) is 0 Å². The Kier molecular flexibility index (Phi) is 6.59. The third-order valence-corrected chi connectivity index (χ3v) is 4.77. The maximum Gasteiger partial charge on any atom is 0.303 e. The van der Waals surface area contributed by atoms with E-state index in [2.05, 4.69) is 43.1 Å². The lowest BCUT2D eigenvalue weighted by Crippen LogP contribution is -2.40. The van der Waals surface area contributed by atoms with Crippen molar-refractivity contribution in [2.24, 2.45) is 5.92 Å². The second-order valence-corrected chi connectivity index (χ2v) is 8.05. The van der Waals surface area contributed by atoms with E-state index < -0.39 is 5.97 Å². The highest BCUT2D eigenvalue weighted by Crippen LogP contribution is 2.24. The lowest BCUT2D eigenvalue weighted by molar-refractivity contribution is -0.137. The minimum absolute atomic E-state index is 0.0117. The number of anilines is 1. The Bertz CT molecular complexity index is 590. The van der Waals surface area contributed by atoms with Crippen molar-refractivity contribution in [2.45, 2.75) is 51.9 Å². The van der Waals surface area contributed by atoms with E-state index >= 15 is 0 Å². The zero-order valence-electron chi connectivity index (χ0n) is 15.5. The molecular formula is C20H30N2O3. The van der Waals surface area contributed by atoms with Crippen LogP contribution in [0.25, 0.3) is 0 Å². The second kappa shape index (κ2) is 8.48. The van der Waals surface area contributed by atoms with E-state index in [9.17, 15) is 9.59 Å². The molecule has 5 nitrogen and oxygen atoms in total. The van der Waals surface area contributed by atoms with Gasteiger partial charge in [0.15, 0.2) is 0 Å². The van der Waals surface area contributed by atoms with E-state index in [1.807, 2.05) is 12.1 Å². The smallest absolute Gasteiger partial charge is 0.303 e. The Morgan fingerprint density at radius 1 is 1.24 bits per heavy atom. The van der Waals surface area contributed by atoms with E-state index in [0.717, 1.165) is 31.6 Å². The maximum atomic E-state index is 12.3. The molecule has 1 amide bonds. The molecule has 2 rings (SSSR count). The van der Waals surface area contributed by atoms with Crippen LogP contribution in [-0.4, -0.2) is 41.5 Å². The molecule has 1 unspecified atom stereocenters. The summed E-state index contributed by atoms with van der Waals surface area (Å²) in [5.41, 5.74) is 2.15. The first kappa shape index (κ1) is 19.4. The Morgan fingerprint density at radius 2 is 1.92 bits per heavy atom. The van der Waals surface area contributed by atoms with Crippen LogP contribution in [0, 0.1) is 5.92 Å². The van der Waals surface area contributed by atoms with E-state index in [1.165, 1.54) is 5.56 Å². The second-order valence-electron chi connectivity index (χ2n) is 8.05. The molecule has 0 aromatic heterocycles. The monoisotopic (exact) mass is 346 g/mol. The number of carboxylic acids is 1. The van der Waals surface area contributed by atoms with Crippen molar-refractivity contribution >= 4 is 17.6 Å². The number of rotatable bonds is 6. The van der Waals surface area contributed by atoms with Crippen molar-refractivity contribution in [3.8, 4) is 0 Å². The number of carbonyl (C=O) groups excluding carboxylic acids is 1. The molecule has 0 spiro atoms. The SMILES string of the molecule is CC(C)(C)c1ccc(NC(=O)CN2CCCC(CCC(=O)O)C2)cc1. The predicted octanol–water partition coefficient (Wildman–Crippen LogP) is 3.50. The number of aliphatic carboxylic acids is 1. The Labute approximate surface area is 150 Å². The molecular weight excluding hydrogens is 316 g/mol. The molecule has 1 aliphatic heterocycles. The van der Waals surface area contributed by atoms with Gasteiger partial charge in [-0.25, -0.2) is 0 Å². The molecule has 0 radical (unpaired) electrons. The number of carboxylic acid groups (broad SMARTS) is 1. The van der Waals surface area contributed by atoms with Gasteiger partial charge in [-0.05, 0) is 54.8 Å². The Balaban J connectivity index is 1.82. The normalized spacial score (nSPS) is 18.8. The van der Waals surface area contributed by atoms with Crippen LogP contribution in [-0.2, 0) is 15.0 Å². The van der Waals surface area contributed by atoms with Gasteiger partial charge in [-0.1, -0.05) is 32.9 Å². The van der Waals surface area contributed by atoms with Gasteiger partial charge >= 0.3 is 5.97 Å². The van der Waals surface area contributed by atoms with Crippen LogP contribution in [0.3, 0.4) is 0 Å². The van der Waals surface area contributed by atoms with E-state index in [-0.39, 0.29) is 17.7 Å². The summed E-state index contributed by atoms with van der Waals surface area (Å²) in [5.74, 6) is -0.375. The molecule has 2 N–H and O–H groups in total. The number of piperidine rings is 1. The number of hydrogen-bond acceptors (Lipinski definition) is 3. The van der Waals surface area contributed by atoms with Gasteiger partial charge in [0.2, 0.25) is 5.91 Å². The Hall–Kier alpha value is -1.88. The molecule has 0 aliphatic carbocycles. The van der Waals surface area contributed by atoms with E-state index in [4.69, 9.17) is 5.11 Å². The summed E-state index contributed by atoms with van der Waals surface area (Å²) in [4.78, 5) is 25.1. The highest BCUT2D eigenvalue weighted by atomic mass is 16.4. The molecule has 1 heterocycles. The van der Waals surface area contributed by atoms with Crippen LogP contribution in [0.1, 0.15) is 52.0 Å². The number of amides is 1. The third-order valence-electron chi connectivity index (χ3n) is 4.77. The minimum Gasteiger partial charge on any atom is -0.481 e. The molecule has 1 aliphatic rings. The van der Waals surface area contributed by atoms with Gasteiger partial charge in [-0.3, -0.25) is 14.5 Å². The van der Waals surface area contributed by atoms with Crippen molar-refractivity contribution in [2.75, 3.05) is 25.0 Å². The largest absolute Gasteiger partial charge is 0.481 e. The lowest BCUT2D eigenvalue weighted by atomic mass is 9.87. The summed E-state index contributed by atoms with van der Waals surface area (Å²) < 4.78 is 0. The van der Waals surface area contributed by atoms with Crippen molar-refractivity contribution in [3.05, 3.63) is 29.8 Å². The molecule has 138 valence electrons. The number of hydrogen-bond donors (Lipinski definition) is 2. The first-order valence-corrected chi connectivity index (χ1v) is 9.08. The highest BCUT2D eigenvalue weighted by molar-refractivity contribution is 5.92. The summed E-state index contributed by atoms with van der Waals surface area (Å²) in [6, 6.07) is 8.01. The van der Waals surface area contributed by atoms with Gasteiger partial charge in [0.1, 0.15) is 0 Å². The quantitative estimate of drug-likeness (QED) is 0.827. The van der Waals surface area contributed by atoms with Gasteiger partial charge in [-0.15, -0.1) is 0 Å². The summed E-state index contributed by atoms with van der Waals surface area (Å²) >= 11 is 0. The van der Waals surface area contributed by atoms with Crippen molar-refractivity contribution in [1.29, 1.82) is 0 Å². The van der Waals surface area contributed by atoms with Crippen LogP contribution in [0.4, 0.5) is 5.69 Å². The van der Waals surface area contributed by atoms with Gasteiger partial charge < -0.3 is 10.4 Å². The number of carbonyl (C=O) groups is 2. The topological polar surface area (TPSA) is 69.6 Å². The molecule has 1 aromatic rings. The highest BCUT2D eigenvalue weighted by Gasteiger charge is 2.22. The van der Waals surface area contributed by atoms with Gasteiger partial charge in [-0.2, -0.15) is 0 Å². The summed E-state index contributed by atoms with van der Waals surface area (Å²) in [6.07, 6.45) is 2.99. The van der Waals surface area contributed by atoms with E-state index in [1.54, 1.807) is 0 Å². The first-order chi connectivity index (χ1) is 11.7. The molecule has 1 aromatic carbocycles. The van der Waals surface area contributed by atoms with Crippen LogP contribution >= 0.6 is 0 Å². The zero-order valence-corrected chi connectivity index (χ0v) is 15.5. The van der Waals surface area contributed by atoms with Crippen LogP contribution in [0.15, 0.2) is 24.3 Å².